The monoisotopic (exact) mass is 320 g/mol. The number of aromatic nitrogens is 2. The van der Waals surface area contributed by atoms with E-state index in [9.17, 15) is 5.11 Å². The number of para-hydroxylation sites is 1. The lowest BCUT2D eigenvalue weighted by Crippen LogP contribution is -1.99. The highest BCUT2D eigenvalue weighted by Crippen LogP contribution is 2.36. The Balaban J connectivity index is 2.16. The number of hydrogen-bond acceptors (Lipinski definition) is 2. The van der Waals surface area contributed by atoms with Crippen molar-refractivity contribution in [1.29, 1.82) is 0 Å². The molecule has 3 rings (SSSR count). The van der Waals surface area contributed by atoms with Gasteiger partial charge in [0, 0.05) is 0 Å². The fourth-order valence-electron chi connectivity index (χ4n) is 2.96. The molecule has 0 bridgehead atoms. The lowest BCUT2D eigenvalue weighted by Gasteiger charge is -2.07. The smallest absolute Gasteiger partial charge is 0.222 e. The van der Waals surface area contributed by atoms with Crippen LogP contribution in [0.2, 0.25) is 0 Å². The molecule has 0 saturated heterocycles. The molecule has 0 amide bonds. The zero-order valence-electron chi connectivity index (χ0n) is 14.6. The van der Waals surface area contributed by atoms with Gasteiger partial charge in [0.25, 0.3) is 0 Å². The first kappa shape index (κ1) is 16.3. The second-order valence-corrected chi connectivity index (χ2v) is 6.31. The highest BCUT2D eigenvalue weighted by atomic mass is 16.3. The summed E-state index contributed by atoms with van der Waals surface area (Å²) in [5.74, 6) is 0.222. The normalized spacial score (nSPS) is 11.0. The molecule has 3 nitrogen and oxygen atoms in total. The van der Waals surface area contributed by atoms with Crippen LogP contribution in [0, 0.1) is 13.8 Å². The Morgan fingerprint density at radius 3 is 2.38 bits per heavy atom. The molecular formula is C21H24N2O. The number of aryl methyl sites for hydroxylation is 3. The summed E-state index contributed by atoms with van der Waals surface area (Å²) in [6.45, 7) is 6.27. The number of hydrogen-bond donors (Lipinski definition) is 1. The molecular weight excluding hydrogens is 296 g/mol. The molecule has 0 unspecified atom stereocenters. The van der Waals surface area contributed by atoms with Crippen LogP contribution in [0.5, 0.6) is 5.88 Å². The summed E-state index contributed by atoms with van der Waals surface area (Å²) < 4.78 is 1.68. The lowest BCUT2D eigenvalue weighted by molar-refractivity contribution is 0.435. The van der Waals surface area contributed by atoms with Crippen LogP contribution in [-0.4, -0.2) is 14.9 Å². The van der Waals surface area contributed by atoms with E-state index in [-0.39, 0.29) is 5.88 Å². The minimum Gasteiger partial charge on any atom is -0.493 e. The van der Waals surface area contributed by atoms with E-state index in [0.29, 0.717) is 0 Å². The van der Waals surface area contributed by atoms with Crippen molar-refractivity contribution in [3.05, 3.63) is 65.4 Å². The van der Waals surface area contributed by atoms with Gasteiger partial charge < -0.3 is 5.11 Å². The summed E-state index contributed by atoms with van der Waals surface area (Å²) >= 11 is 0. The molecule has 3 heteroatoms. The van der Waals surface area contributed by atoms with Gasteiger partial charge in [0.15, 0.2) is 0 Å². The molecule has 0 aliphatic heterocycles. The van der Waals surface area contributed by atoms with Crippen molar-refractivity contribution < 1.29 is 5.11 Å². The average Bonchev–Trinajstić information content (AvgIpc) is 2.91. The van der Waals surface area contributed by atoms with E-state index in [1.165, 1.54) is 5.56 Å². The SMILES string of the molecule is CCCCc1nn(-c2ccccc2C)c(O)c1-c1ccc(C)cc1. The molecule has 0 radical (unpaired) electrons. The number of aromatic hydroxyl groups is 1. The molecule has 0 aliphatic rings. The van der Waals surface area contributed by atoms with Crippen molar-refractivity contribution in [3.63, 3.8) is 0 Å². The lowest BCUT2D eigenvalue weighted by atomic mass is 10.0. The van der Waals surface area contributed by atoms with Gasteiger partial charge in [0.05, 0.1) is 16.9 Å². The first-order valence-corrected chi connectivity index (χ1v) is 8.55. The molecule has 1 aromatic heterocycles. The molecule has 1 N–H and O–H groups in total. The Labute approximate surface area is 143 Å². The summed E-state index contributed by atoms with van der Waals surface area (Å²) in [5, 5.41) is 15.7. The standard InChI is InChI=1S/C21H24N2O/c1-4-5-9-18-20(17-13-11-15(2)12-14-17)21(24)23(22-18)19-10-7-6-8-16(19)3/h6-8,10-14,24H,4-5,9H2,1-3H3. The summed E-state index contributed by atoms with van der Waals surface area (Å²) in [4.78, 5) is 0. The van der Waals surface area contributed by atoms with E-state index >= 15 is 0 Å². The van der Waals surface area contributed by atoms with E-state index in [0.717, 1.165) is 47.3 Å². The average molecular weight is 320 g/mol. The second kappa shape index (κ2) is 6.91. The van der Waals surface area contributed by atoms with E-state index < -0.39 is 0 Å². The molecule has 1 heterocycles. The maximum absolute atomic E-state index is 10.9. The zero-order valence-corrected chi connectivity index (χ0v) is 14.6. The van der Waals surface area contributed by atoms with Crippen molar-refractivity contribution in [1.82, 2.24) is 9.78 Å². The molecule has 2 aromatic carbocycles. The Kier molecular flexibility index (Phi) is 4.70. The summed E-state index contributed by atoms with van der Waals surface area (Å²) in [6.07, 6.45) is 3.03. The molecule has 24 heavy (non-hydrogen) atoms. The van der Waals surface area contributed by atoms with E-state index in [2.05, 4.69) is 38.1 Å². The first-order chi connectivity index (χ1) is 11.6. The van der Waals surface area contributed by atoms with E-state index in [1.807, 2.05) is 31.2 Å². The summed E-state index contributed by atoms with van der Waals surface area (Å²) in [6, 6.07) is 16.3. The third-order valence-corrected chi connectivity index (χ3v) is 4.38. The number of rotatable bonds is 5. The maximum Gasteiger partial charge on any atom is 0.222 e. The van der Waals surface area contributed by atoms with Gasteiger partial charge in [-0.25, -0.2) is 4.68 Å². The number of unbranched alkanes of at least 4 members (excludes halogenated alkanes) is 1. The Bertz CT molecular complexity index is 832. The Morgan fingerprint density at radius 2 is 1.71 bits per heavy atom. The predicted octanol–water partition coefficient (Wildman–Crippen LogP) is 5.20. The van der Waals surface area contributed by atoms with Crippen LogP contribution in [0.3, 0.4) is 0 Å². The molecule has 3 aromatic rings. The van der Waals surface area contributed by atoms with Crippen molar-refractivity contribution in [3.8, 4) is 22.7 Å². The summed E-state index contributed by atoms with van der Waals surface area (Å²) in [7, 11) is 0. The van der Waals surface area contributed by atoms with Gasteiger partial charge in [0.1, 0.15) is 0 Å². The van der Waals surface area contributed by atoms with Gasteiger partial charge in [-0.3, -0.25) is 0 Å². The fraction of sp³-hybridized carbons (Fsp3) is 0.286. The minimum atomic E-state index is 0.222. The highest BCUT2D eigenvalue weighted by Gasteiger charge is 2.20. The molecule has 0 fully saturated rings. The van der Waals surface area contributed by atoms with Crippen LogP contribution in [0.1, 0.15) is 36.6 Å². The molecule has 0 saturated carbocycles. The third-order valence-electron chi connectivity index (χ3n) is 4.38. The largest absolute Gasteiger partial charge is 0.493 e. The number of benzene rings is 2. The van der Waals surface area contributed by atoms with Gasteiger partial charge >= 0.3 is 0 Å². The third kappa shape index (κ3) is 3.07. The van der Waals surface area contributed by atoms with Gasteiger partial charge in [-0.2, -0.15) is 5.10 Å². The summed E-state index contributed by atoms with van der Waals surface area (Å²) in [5.41, 5.74) is 6.05. The topological polar surface area (TPSA) is 38.0 Å². The van der Waals surface area contributed by atoms with Crippen molar-refractivity contribution in [2.45, 2.75) is 40.0 Å². The van der Waals surface area contributed by atoms with Crippen molar-refractivity contribution in [2.75, 3.05) is 0 Å². The quantitative estimate of drug-likeness (QED) is 0.701. The Morgan fingerprint density at radius 1 is 1.00 bits per heavy atom. The fourth-order valence-corrected chi connectivity index (χ4v) is 2.96. The van der Waals surface area contributed by atoms with Crippen LogP contribution < -0.4 is 0 Å². The van der Waals surface area contributed by atoms with Crippen LogP contribution in [0.15, 0.2) is 48.5 Å². The van der Waals surface area contributed by atoms with Gasteiger partial charge in [0.2, 0.25) is 5.88 Å². The predicted molar refractivity (Wildman–Crippen MR) is 98.8 cm³/mol. The highest BCUT2D eigenvalue weighted by molar-refractivity contribution is 5.72. The van der Waals surface area contributed by atoms with Gasteiger partial charge in [-0.1, -0.05) is 61.4 Å². The van der Waals surface area contributed by atoms with E-state index in [4.69, 9.17) is 5.10 Å². The maximum atomic E-state index is 10.9. The van der Waals surface area contributed by atoms with Crippen LogP contribution in [-0.2, 0) is 6.42 Å². The van der Waals surface area contributed by atoms with Gasteiger partial charge in [-0.15, -0.1) is 0 Å². The first-order valence-electron chi connectivity index (χ1n) is 8.55. The van der Waals surface area contributed by atoms with Crippen LogP contribution >= 0.6 is 0 Å². The number of nitrogens with zero attached hydrogens (tertiary/aromatic N) is 2. The molecule has 0 spiro atoms. The van der Waals surface area contributed by atoms with Crippen LogP contribution in [0.25, 0.3) is 16.8 Å². The molecule has 0 aliphatic carbocycles. The molecule has 124 valence electrons. The minimum absolute atomic E-state index is 0.222. The van der Waals surface area contributed by atoms with Crippen LogP contribution in [0.4, 0.5) is 0 Å². The Hall–Kier alpha value is -2.55. The second-order valence-electron chi connectivity index (χ2n) is 6.31. The molecule has 0 atom stereocenters. The van der Waals surface area contributed by atoms with Gasteiger partial charge in [-0.05, 0) is 43.9 Å². The van der Waals surface area contributed by atoms with Crippen molar-refractivity contribution in [2.24, 2.45) is 0 Å². The van der Waals surface area contributed by atoms with Crippen molar-refractivity contribution >= 4 is 0 Å². The van der Waals surface area contributed by atoms with E-state index in [1.54, 1.807) is 4.68 Å². The zero-order chi connectivity index (χ0) is 17.1.